The maximum Gasteiger partial charge on any atom is 0.253 e. The third-order valence-electron chi connectivity index (χ3n) is 5.42. The number of ether oxygens (including phenoxy) is 1. The van der Waals surface area contributed by atoms with Gasteiger partial charge in [-0.1, -0.05) is 29.8 Å². The average molecular weight is 468 g/mol. The predicted octanol–water partition coefficient (Wildman–Crippen LogP) is 5.82. The van der Waals surface area contributed by atoms with Crippen LogP contribution in [0.2, 0.25) is 5.02 Å². The number of carbonyl (C=O) groups is 1. The zero-order valence-corrected chi connectivity index (χ0v) is 19.5. The van der Waals surface area contributed by atoms with E-state index < -0.39 is 0 Å². The summed E-state index contributed by atoms with van der Waals surface area (Å²) in [5, 5.41) is 0.704. The summed E-state index contributed by atoms with van der Waals surface area (Å²) in [5.41, 5.74) is 2.75. The van der Waals surface area contributed by atoms with E-state index in [0.717, 1.165) is 48.1 Å². The van der Waals surface area contributed by atoms with Crippen LogP contribution in [0.3, 0.4) is 0 Å². The quantitative estimate of drug-likeness (QED) is 0.463. The number of carbonyl (C=O) groups excluding carboxylic acids is 1. The first kappa shape index (κ1) is 22.4. The van der Waals surface area contributed by atoms with Gasteiger partial charge in [-0.2, -0.15) is 0 Å². The van der Waals surface area contributed by atoms with Gasteiger partial charge >= 0.3 is 0 Å². The number of halogens is 1. The third-order valence-corrected chi connectivity index (χ3v) is 6.50. The molecule has 0 saturated carbocycles. The van der Waals surface area contributed by atoms with E-state index in [1.165, 1.54) is 11.9 Å². The van der Waals surface area contributed by atoms with E-state index in [0.29, 0.717) is 17.1 Å². The summed E-state index contributed by atoms with van der Waals surface area (Å²) < 4.78 is 8.81. The van der Waals surface area contributed by atoms with E-state index in [-0.39, 0.29) is 5.91 Å². The Balaban J connectivity index is 1.39. The Hall–Kier alpha value is -2.83. The molecule has 1 aliphatic rings. The van der Waals surface area contributed by atoms with E-state index in [9.17, 15) is 4.79 Å². The lowest BCUT2D eigenvalue weighted by Crippen LogP contribution is -2.35. The molecule has 166 valence electrons. The standard InChI is InChI=1S/C25H26ClN3O2S/c1-31-24-9-3-2-8-23(24)28-14-5-15-29(17-16-28)25(30)19-6-4-7-22(18-19)32-27-21-12-10-20(26)11-13-21/h2-4,6-13,18,27H,5,14-17H2,1H3. The van der Waals surface area contributed by atoms with Crippen molar-refractivity contribution in [3.05, 3.63) is 83.4 Å². The number of nitrogens with one attached hydrogen (secondary N) is 1. The monoisotopic (exact) mass is 467 g/mol. The molecule has 3 aromatic carbocycles. The number of benzene rings is 3. The summed E-state index contributed by atoms with van der Waals surface area (Å²) in [6.45, 7) is 3.09. The summed E-state index contributed by atoms with van der Waals surface area (Å²) in [6.07, 6.45) is 0.913. The molecule has 1 heterocycles. The van der Waals surface area contributed by atoms with Crippen molar-refractivity contribution in [2.24, 2.45) is 0 Å². The van der Waals surface area contributed by atoms with Crippen molar-refractivity contribution in [3.8, 4) is 5.75 Å². The van der Waals surface area contributed by atoms with Gasteiger partial charge in [0.15, 0.2) is 0 Å². The first-order valence-electron chi connectivity index (χ1n) is 10.6. The van der Waals surface area contributed by atoms with Crippen LogP contribution in [0.25, 0.3) is 0 Å². The van der Waals surface area contributed by atoms with Crippen molar-refractivity contribution >= 4 is 40.8 Å². The van der Waals surface area contributed by atoms with Crippen molar-refractivity contribution in [2.75, 3.05) is 42.9 Å². The molecule has 0 aromatic heterocycles. The van der Waals surface area contributed by atoms with Crippen LogP contribution in [-0.4, -0.2) is 44.1 Å². The average Bonchev–Trinajstić information content (AvgIpc) is 3.09. The van der Waals surface area contributed by atoms with Crippen molar-refractivity contribution in [3.63, 3.8) is 0 Å². The van der Waals surface area contributed by atoms with Crippen molar-refractivity contribution in [1.82, 2.24) is 4.90 Å². The van der Waals surface area contributed by atoms with Crippen LogP contribution < -0.4 is 14.4 Å². The number of amides is 1. The van der Waals surface area contributed by atoms with Crippen molar-refractivity contribution < 1.29 is 9.53 Å². The number of nitrogens with zero attached hydrogens (tertiary/aromatic N) is 2. The van der Waals surface area contributed by atoms with E-state index >= 15 is 0 Å². The Morgan fingerprint density at radius 2 is 1.78 bits per heavy atom. The van der Waals surface area contributed by atoms with Crippen LogP contribution in [0.15, 0.2) is 77.7 Å². The fraction of sp³-hybridized carbons (Fsp3) is 0.240. The molecule has 0 radical (unpaired) electrons. The molecule has 3 aromatic rings. The minimum absolute atomic E-state index is 0.0702. The maximum atomic E-state index is 13.2. The van der Waals surface area contributed by atoms with Crippen LogP contribution in [0.5, 0.6) is 5.75 Å². The van der Waals surface area contributed by atoms with E-state index in [1.54, 1.807) is 7.11 Å². The molecular weight excluding hydrogens is 442 g/mol. The molecule has 1 N–H and O–H groups in total. The van der Waals surface area contributed by atoms with Gasteiger partial charge in [0.25, 0.3) is 5.91 Å². The van der Waals surface area contributed by atoms with Crippen LogP contribution in [-0.2, 0) is 0 Å². The Labute approximate surface area is 198 Å². The summed E-state index contributed by atoms with van der Waals surface area (Å²) in [5.74, 6) is 0.936. The van der Waals surface area contributed by atoms with Gasteiger partial charge in [0, 0.05) is 47.3 Å². The summed E-state index contributed by atoms with van der Waals surface area (Å²) >= 11 is 7.42. The SMILES string of the molecule is COc1ccccc1N1CCCN(C(=O)c2cccc(SNc3ccc(Cl)cc3)c2)CC1. The number of hydrogen-bond acceptors (Lipinski definition) is 5. The predicted molar refractivity (Wildman–Crippen MR) is 133 cm³/mol. The maximum absolute atomic E-state index is 13.2. The minimum atomic E-state index is 0.0702. The zero-order chi connectivity index (χ0) is 22.3. The molecule has 1 aliphatic heterocycles. The molecule has 1 fully saturated rings. The molecule has 4 rings (SSSR count). The van der Waals surface area contributed by atoms with E-state index in [4.69, 9.17) is 16.3 Å². The second-order valence-electron chi connectivity index (χ2n) is 7.54. The van der Waals surface area contributed by atoms with E-state index in [1.807, 2.05) is 71.6 Å². The molecule has 0 bridgehead atoms. The molecule has 0 unspecified atom stereocenters. The van der Waals surface area contributed by atoms with Gasteiger partial charge < -0.3 is 19.3 Å². The number of anilines is 2. The first-order valence-corrected chi connectivity index (χ1v) is 11.8. The Morgan fingerprint density at radius 3 is 2.59 bits per heavy atom. The normalized spacial score (nSPS) is 14.1. The number of rotatable bonds is 6. The van der Waals surface area contributed by atoms with Crippen molar-refractivity contribution in [2.45, 2.75) is 11.3 Å². The van der Waals surface area contributed by atoms with Gasteiger partial charge in [-0.05, 0) is 73.0 Å². The highest BCUT2D eigenvalue weighted by molar-refractivity contribution is 8.00. The van der Waals surface area contributed by atoms with Crippen LogP contribution in [0, 0.1) is 0 Å². The minimum Gasteiger partial charge on any atom is -0.495 e. The third kappa shape index (κ3) is 5.50. The van der Waals surface area contributed by atoms with Gasteiger partial charge in [-0.25, -0.2) is 0 Å². The fourth-order valence-corrected chi connectivity index (χ4v) is 4.59. The molecule has 0 spiro atoms. The highest BCUT2D eigenvalue weighted by Gasteiger charge is 2.22. The second kappa shape index (κ2) is 10.7. The topological polar surface area (TPSA) is 44.8 Å². The Kier molecular flexibility index (Phi) is 7.45. The summed E-state index contributed by atoms with van der Waals surface area (Å²) in [6, 6.07) is 23.3. The lowest BCUT2D eigenvalue weighted by atomic mass is 10.2. The molecule has 7 heteroatoms. The summed E-state index contributed by atoms with van der Waals surface area (Å²) in [7, 11) is 1.69. The lowest BCUT2D eigenvalue weighted by molar-refractivity contribution is 0.0767. The number of hydrogen-bond donors (Lipinski definition) is 1. The first-order chi connectivity index (χ1) is 15.6. The number of para-hydroxylation sites is 2. The Bertz CT molecular complexity index is 1060. The molecule has 0 aliphatic carbocycles. The molecule has 1 saturated heterocycles. The van der Waals surface area contributed by atoms with Crippen LogP contribution in [0.4, 0.5) is 11.4 Å². The molecular formula is C25H26ClN3O2S. The van der Waals surface area contributed by atoms with E-state index in [2.05, 4.69) is 15.7 Å². The van der Waals surface area contributed by atoms with Crippen molar-refractivity contribution in [1.29, 1.82) is 0 Å². The molecule has 1 amide bonds. The van der Waals surface area contributed by atoms with Gasteiger partial charge in [-0.3, -0.25) is 4.79 Å². The highest BCUT2D eigenvalue weighted by Crippen LogP contribution is 2.29. The lowest BCUT2D eigenvalue weighted by Gasteiger charge is -2.25. The second-order valence-corrected chi connectivity index (χ2v) is 8.86. The van der Waals surface area contributed by atoms with Gasteiger partial charge in [0.2, 0.25) is 0 Å². The van der Waals surface area contributed by atoms with Gasteiger partial charge in [-0.15, -0.1) is 0 Å². The van der Waals surface area contributed by atoms with Crippen LogP contribution in [0.1, 0.15) is 16.8 Å². The van der Waals surface area contributed by atoms with Gasteiger partial charge in [0.1, 0.15) is 5.75 Å². The molecule has 5 nitrogen and oxygen atoms in total. The smallest absolute Gasteiger partial charge is 0.253 e. The number of methoxy groups -OCH3 is 1. The van der Waals surface area contributed by atoms with Gasteiger partial charge in [0.05, 0.1) is 12.8 Å². The molecule has 0 atom stereocenters. The fourth-order valence-electron chi connectivity index (χ4n) is 3.76. The zero-order valence-electron chi connectivity index (χ0n) is 18.0. The van der Waals surface area contributed by atoms with Crippen LogP contribution >= 0.6 is 23.5 Å². The molecule has 32 heavy (non-hydrogen) atoms. The largest absolute Gasteiger partial charge is 0.495 e. The summed E-state index contributed by atoms with van der Waals surface area (Å²) in [4.78, 5) is 18.5. The highest BCUT2D eigenvalue weighted by atomic mass is 35.5. The Morgan fingerprint density at radius 1 is 0.969 bits per heavy atom.